The van der Waals surface area contributed by atoms with Gasteiger partial charge in [-0.25, -0.2) is 8.78 Å². The van der Waals surface area contributed by atoms with Gasteiger partial charge in [-0.3, -0.25) is 4.98 Å². The molecule has 1 heterocycles. The van der Waals surface area contributed by atoms with Crippen LogP contribution in [-0.4, -0.2) is 16.4 Å². The fourth-order valence-electron chi connectivity index (χ4n) is 2.20. The van der Waals surface area contributed by atoms with Crippen molar-refractivity contribution in [3.05, 3.63) is 30.1 Å². The van der Waals surface area contributed by atoms with Crippen LogP contribution in [0.2, 0.25) is 0 Å². The monoisotopic (exact) mass is 226 g/mol. The van der Waals surface area contributed by atoms with Gasteiger partial charge in [0.25, 0.3) is 0 Å². The topological polar surface area (TPSA) is 38.9 Å². The van der Waals surface area contributed by atoms with Gasteiger partial charge in [-0.1, -0.05) is 0 Å². The molecule has 88 valence electrons. The second kappa shape index (κ2) is 4.09. The summed E-state index contributed by atoms with van der Waals surface area (Å²) < 4.78 is 26.0. The van der Waals surface area contributed by atoms with Crippen molar-refractivity contribution >= 4 is 0 Å². The van der Waals surface area contributed by atoms with Gasteiger partial charge < -0.3 is 5.73 Å². The summed E-state index contributed by atoms with van der Waals surface area (Å²) >= 11 is 0. The zero-order chi connectivity index (χ0) is 11.6. The largest absolute Gasteiger partial charge is 0.325 e. The number of nitrogens with zero attached hydrogens (tertiary/aromatic N) is 1. The maximum Gasteiger partial charge on any atom is 0.248 e. The lowest BCUT2D eigenvalue weighted by Gasteiger charge is -2.37. The predicted octanol–water partition coefficient (Wildman–Crippen LogP) is 2.53. The summed E-state index contributed by atoms with van der Waals surface area (Å²) in [6, 6.07) is 3.78. The molecule has 0 atom stereocenters. The number of halogens is 2. The van der Waals surface area contributed by atoms with Gasteiger partial charge in [0.15, 0.2) is 0 Å². The van der Waals surface area contributed by atoms with E-state index in [4.69, 9.17) is 5.73 Å². The van der Waals surface area contributed by atoms with Crippen LogP contribution in [-0.2, 0) is 6.42 Å². The van der Waals surface area contributed by atoms with E-state index in [2.05, 4.69) is 4.98 Å². The maximum absolute atomic E-state index is 13.0. The minimum absolute atomic E-state index is 0.0887. The third-order valence-corrected chi connectivity index (χ3v) is 3.28. The van der Waals surface area contributed by atoms with Crippen LogP contribution in [0.25, 0.3) is 0 Å². The van der Waals surface area contributed by atoms with E-state index in [9.17, 15) is 8.78 Å². The normalized spacial score (nSPS) is 22.9. The van der Waals surface area contributed by atoms with Crippen molar-refractivity contribution in [2.45, 2.75) is 43.6 Å². The third-order valence-electron chi connectivity index (χ3n) is 3.28. The Hall–Kier alpha value is -1.03. The van der Waals surface area contributed by atoms with Gasteiger partial charge in [0.2, 0.25) is 5.92 Å². The van der Waals surface area contributed by atoms with Gasteiger partial charge in [0, 0.05) is 30.8 Å². The lowest BCUT2D eigenvalue weighted by Crippen LogP contribution is -2.47. The van der Waals surface area contributed by atoms with E-state index >= 15 is 0 Å². The summed E-state index contributed by atoms with van der Waals surface area (Å²) in [6.07, 6.45) is 4.67. The molecule has 1 aliphatic carbocycles. The minimum Gasteiger partial charge on any atom is -0.325 e. The number of hydrogen-bond acceptors (Lipinski definition) is 2. The smallest absolute Gasteiger partial charge is 0.248 e. The Bertz CT molecular complexity index is 341. The zero-order valence-electron chi connectivity index (χ0n) is 9.13. The lowest BCUT2D eigenvalue weighted by atomic mass is 9.77. The molecule has 0 aromatic carbocycles. The van der Waals surface area contributed by atoms with E-state index in [0.717, 1.165) is 5.56 Å². The molecule has 2 rings (SSSR count). The standard InChI is InChI=1S/C12H16F2N2/c13-12(14)5-3-11(15,4-6-12)9-10-1-7-16-8-2-10/h1-2,7-8H,3-6,9,15H2. The molecule has 1 saturated carbocycles. The highest BCUT2D eigenvalue weighted by atomic mass is 19.3. The van der Waals surface area contributed by atoms with Crippen LogP contribution >= 0.6 is 0 Å². The average Bonchev–Trinajstić information content (AvgIpc) is 2.25. The summed E-state index contributed by atoms with van der Waals surface area (Å²) in [6.45, 7) is 0. The van der Waals surface area contributed by atoms with Gasteiger partial charge in [-0.2, -0.15) is 0 Å². The van der Waals surface area contributed by atoms with Crippen LogP contribution in [0.1, 0.15) is 31.2 Å². The summed E-state index contributed by atoms with van der Waals surface area (Å²) in [5.41, 5.74) is 6.76. The lowest BCUT2D eigenvalue weighted by molar-refractivity contribution is -0.0505. The van der Waals surface area contributed by atoms with Crippen molar-refractivity contribution in [1.29, 1.82) is 0 Å². The van der Waals surface area contributed by atoms with Gasteiger partial charge in [0.05, 0.1) is 0 Å². The van der Waals surface area contributed by atoms with E-state index in [-0.39, 0.29) is 12.8 Å². The molecular formula is C12H16F2N2. The van der Waals surface area contributed by atoms with E-state index in [1.807, 2.05) is 12.1 Å². The third kappa shape index (κ3) is 2.76. The van der Waals surface area contributed by atoms with Crippen LogP contribution in [0.4, 0.5) is 8.78 Å². The molecule has 0 radical (unpaired) electrons. The fraction of sp³-hybridized carbons (Fsp3) is 0.583. The van der Waals surface area contributed by atoms with Crippen molar-refractivity contribution in [1.82, 2.24) is 4.98 Å². The van der Waals surface area contributed by atoms with Crippen molar-refractivity contribution in [3.8, 4) is 0 Å². The molecule has 0 amide bonds. The van der Waals surface area contributed by atoms with E-state index in [1.165, 1.54) is 0 Å². The van der Waals surface area contributed by atoms with E-state index in [0.29, 0.717) is 19.3 Å². The van der Waals surface area contributed by atoms with Gasteiger partial charge >= 0.3 is 0 Å². The summed E-state index contributed by atoms with van der Waals surface area (Å²) in [5, 5.41) is 0. The highest BCUT2D eigenvalue weighted by Crippen LogP contribution is 2.38. The number of hydrogen-bond donors (Lipinski definition) is 1. The molecule has 2 nitrogen and oxygen atoms in total. The Morgan fingerprint density at radius 2 is 1.69 bits per heavy atom. The summed E-state index contributed by atoms with van der Waals surface area (Å²) in [5.74, 6) is -2.51. The number of pyridine rings is 1. The number of aromatic nitrogens is 1. The van der Waals surface area contributed by atoms with Crippen molar-refractivity contribution < 1.29 is 8.78 Å². The molecule has 16 heavy (non-hydrogen) atoms. The second-order valence-electron chi connectivity index (χ2n) is 4.75. The molecule has 2 N–H and O–H groups in total. The van der Waals surface area contributed by atoms with Crippen LogP contribution in [0.3, 0.4) is 0 Å². The summed E-state index contributed by atoms with van der Waals surface area (Å²) in [4.78, 5) is 3.92. The van der Waals surface area contributed by atoms with Gasteiger partial charge in [0.1, 0.15) is 0 Å². The Morgan fingerprint density at radius 3 is 2.25 bits per heavy atom. The molecule has 4 heteroatoms. The second-order valence-corrected chi connectivity index (χ2v) is 4.75. The Labute approximate surface area is 93.9 Å². The molecule has 0 aliphatic heterocycles. The molecule has 1 aromatic heterocycles. The molecule has 0 spiro atoms. The van der Waals surface area contributed by atoms with Crippen molar-refractivity contribution in [3.63, 3.8) is 0 Å². The molecular weight excluding hydrogens is 210 g/mol. The first-order chi connectivity index (χ1) is 7.49. The molecule has 0 unspecified atom stereocenters. The fourth-order valence-corrected chi connectivity index (χ4v) is 2.20. The van der Waals surface area contributed by atoms with Crippen LogP contribution in [0, 0.1) is 0 Å². The van der Waals surface area contributed by atoms with E-state index in [1.54, 1.807) is 12.4 Å². The Kier molecular flexibility index (Phi) is 2.93. The molecule has 1 aromatic rings. The highest BCUT2D eigenvalue weighted by molar-refractivity contribution is 5.14. The minimum atomic E-state index is -2.51. The van der Waals surface area contributed by atoms with Gasteiger partial charge in [-0.05, 0) is 37.0 Å². The molecule has 0 saturated heterocycles. The van der Waals surface area contributed by atoms with E-state index < -0.39 is 11.5 Å². The molecule has 1 aliphatic rings. The van der Waals surface area contributed by atoms with Crippen LogP contribution in [0.5, 0.6) is 0 Å². The Morgan fingerprint density at radius 1 is 1.12 bits per heavy atom. The highest BCUT2D eigenvalue weighted by Gasteiger charge is 2.40. The first-order valence-corrected chi connectivity index (χ1v) is 5.55. The number of nitrogens with two attached hydrogens (primary N) is 1. The van der Waals surface area contributed by atoms with Gasteiger partial charge in [-0.15, -0.1) is 0 Å². The first kappa shape index (κ1) is 11.5. The molecule has 1 fully saturated rings. The predicted molar refractivity (Wildman–Crippen MR) is 58.3 cm³/mol. The van der Waals surface area contributed by atoms with Crippen LogP contribution in [0.15, 0.2) is 24.5 Å². The SMILES string of the molecule is NC1(Cc2ccncc2)CCC(F)(F)CC1. The van der Waals surface area contributed by atoms with Crippen molar-refractivity contribution in [2.75, 3.05) is 0 Å². The first-order valence-electron chi connectivity index (χ1n) is 5.55. The van der Waals surface area contributed by atoms with Crippen LogP contribution < -0.4 is 5.73 Å². The zero-order valence-corrected chi connectivity index (χ0v) is 9.13. The maximum atomic E-state index is 13.0. The number of alkyl halides is 2. The average molecular weight is 226 g/mol. The quantitative estimate of drug-likeness (QED) is 0.841. The molecule has 0 bridgehead atoms. The summed E-state index contributed by atoms with van der Waals surface area (Å²) in [7, 11) is 0. The Balaban J connectivity index is 2.00. The number of rotatable bonds is 2. The van der Waals surface area contributed by atoms with Crippen molar-refractivity contribution in [2.24, 2.45) is 5.73 Å².